The maximum Gasteiger partial charge on any atom is 0.747 e. The highest BCUT2D eigenvalue weighted by Gasteiger charge is 2.16. The van der Waals surface area contributed by atoms with E-state index >= 15 is 0 Å². The summed E-state index contributed by atoms with van der Waals surface area (Å²) in [7, 11) is -2.66. The first-order valence-corrected chi connectivity index (χ1v) is 3.87. The molecule has 0 amide bonds. The summed E-state index contributed by atoms with van der Waals surface area (Å²) in [6.45, 7) is 0. The van der Waals surface area contributed by atoms with E-state index in [-0.39, 0.29) is 11.4 Å². The molecule has 1 unspecified atom stereocenters. The number of nitrogens with two attached hydrogens (primary N) is 1. The van der Waals surface area contributed by atoms with E-state index in [1.807, 2.05) is 0 Å². The van der Waals surface area contributed by atoms with Crippen LogP contribution >= 0.6 is 8.25 Å². The predicted molar refractivity (Wildman–Crippen MR) is 39.1 cm³/mol. The molecule has 0 fully saturated rings. The fourth-order valence-electron chi connectivity index (χ4n) is 0.551. The number of nitrogen functional groups attached to an aromatic ring is 1. The van der Waals surface area contributed by atoms with Gasteiger partial charge in [-0.25, -0.2) is 4.52 Å². The molecule has 0 aliphatic carbocycles. The van der Waals surface area contributed by atoms with Crippen molar-refractivity contribution < 1.29 is 14.0 Å². The fourth-order valence-corrected chi connectivity index (χ4v) is 0.872. The van der Waals surface area contributed by atoms with Crippen LogP contribution < -0.4 is 10.3 Å². The second-order valence-electron chi connectivity index (χ2n) is 1.74. The van der Waals surface area contributed by atoms with Crippen LogP contribution in [-0.2, 0) is 4.57 Å². The number of pyridine rings is 1. The van der Waals surface area contributed by atoms with E-state index in [1.165, 1.54) is 18.5 Å². The Morgan fingerprint density at radius 1 is 1.73 bits per heavy atom. The van der Waals surface area contributed by atoms with Gasteiger partial charge in [0.1, 0.15) is 0 Å². The van der Waals surface area contributed by atoms with Crippen molar-refractivity contribution in [2.45, 2.75) is 0 Å². The van der Waals surface area contributed by atoms with Gasteiger partial charge in [-0.05, 0) is 6.07 Å². The third-order valence-corrected chi connectivity index (χ3v) is 1.35. The van der Waals surface area contributed by atoms with Gasteiger partial charge in [-0.1, -0.05) is 0 Å². The van der Waals surface area contributed by atoms with Crippen molar-refractivity contribution in [3.8, 4) is 5.75 Å². The molecule has 0 aromatic carbocycles. The first-order valence-electron chi connectivity index (χ1n) is 2.74. The maximum atomic E-state index is 10.2. The summed E-state index contributed by atoms with van der Waals surface area (Å²) < 4.78 is 14.6. The number of nitrogens with zero attached hydrogens (tertiary/aromatic N) is 1. The Labute approximate surface area is 63.8 Å². The average molecular weight is 173 g/mol. The number of anilines is 1. The molecule has 0 aliphatic heterocycles. The average Bonchev–Trinajstić information content (AvgIpc) is 1.93. The summed E-state index contributed by atoms with van der Waals surface area (Å²) in [6, 6.07) is 1.48. The Morgan fingerprint density at radius 2 is 2.45 bits per heavy atom. The van der Waals surface area contributed by atoms with Gasteiger partial charge in [0.2, 0.25) is 5.75 Å². The Balaban J connectivity index is 2.86. The Hall–Kier alpha value is -1.19. The van der Waals surface area contributed by atoms with Gasteiger partial charge in [-0.3, -0.25) is 4.98 Å². The lowest BCUT2D eigenvalue weighted by molar-refractivity contribution is 0.410. The minimum Gasteiger partial charge on any atom is -0.395 e. The van der Waals surface area contributed by atoms with Crippen molar-refractivity contribution in [1.29, 1.82) is 0 Å². The third-order valence-electron chi connectivity index (χ3n) is 0.993. The molecule has 1 aromatic rings. The largest absolute Gasteiger partial charge is 0.747 e. The molecule has 58 valence electrons. The molecule has 1 atom stereocenters. The van der Waals surface area contributed by atoms with Gasteiger partial charge in [0.25, 0.3) is 0 Å². The van der Waals surface area contributed by atoms with Crippen LogP contribution in [0.4, 0.5) is 5.69 Å². The summed E-state index contributed by atoms with van der Waals surface area (Å²) in [5, 5.41) is 0. The lowest BCUT2D eigenvalue weighted by Crippen LogP contribution is -1.90. The highest BCUT2D eigenvalue weighted by molar-refractivity contribution is 7.32. The molecule has 3 N–H and O–H groups in total. The lowest BCUT2D eigenvalue weighted by Gasteiger charge is -1.93. The predicted octanol–water partition coefficient (Wildman–Crippen LogP) is 0.692. The van der Waals surface area contributed by atoms with Crippen molar-refractivity contribution in [1.82, 2.24) is 4.98 Å². The molecule has 0 saturated carbocycles. The van der Waals surface area contributed by atoms with Crippen LogP contribution in [0, 0.1) is 0 Å². The van der Waals surface area contributed by atoms with Gasteiger partial charge in [-0.2, -0.15) is 0 Å². The highest BCUT2D eigenvalue weighted by Crippen LogP contribution is 2.26. The van der Waals surface area contributed by atoms with Gasteiger partial charge >= 0.3 is 8.25 Å². The molecule has 0 bridgehead atoms. The topological polar surface area (TPSA) is 85.4 Å². The molecule has 0 spiro atoms. The van der Waals surface area contributed by atoms with Crippen LogP contribution in [0.3, 0.4) is 0 Å². The van der Waals surface area contributed by atoms with Crippen molar-refractivity contribution in [3.05, 3.63) is 18.5 Å². The Kier molecular flexibility index (Phi) is 2.36. The van der Waals surface area contributed by atoms with Crippen LogP contribution in [0.15, 0.2) is 18.5 Å². The quantitative estimate of drug-likeness (QED) is 0.642. The van der Waals surface area contributed by atoms with Crippen LogP contribution in [0.2, 0.25) is 0 Å². The molecule has 1 rings (SSSR count). The lowest BCUT2D eigenvalue weighted by atomic mass is 10.4. The fraction of sp³-hybridized carbons (Fsp3) is 0. The van der Waals surface area contributed by atoms with Crippen molar-refractivity contribution in [2.24, 2.45) is 0 Å². The zero-order chi connectivity index (χ0) is 8.27. The maximum absolute atomic E-state index is 10.2. The van der Waals surface area contributed by atoms with E-state index in [4.69, 9.17) is 10.6 Å². The SMILES string of the molecule is Nc1ccncc1O[P+](=O)O. The van der Waals surface area contributed by atoms with Gasteiger partial charge in [0.05, 0.1) is 11.9 Å². The van der Waals surface area contributed by atoms with Gasteiger partial charge in [0.15, 0.2) is 0 Å². The Bertz CT molecular complexity index is 278. The van der Waals surface area contributed by atoms with Gasteiger partial charge < -0.3 is 5.73 Å². The smallest absolute Gasteiger partial charge is 0.395 e. The highest BCUT2D eigenvalue weighted by atomic mass is 31.1. The minimum atomic E-state index is -2.66. The second-order valence-corrected chi connectivity index (χ2v) is 2.40. The Morgan fingerprint density at radius 3 is 3.00 bits per heavy atom. The zero-order valence-electron chi connectivity index (χ0n) is 5.47. The molecule has 0 aliphatic rings. The van der Waals surface area contributed by atoms with Gasteiger partial charge in [0, 0.05) is 10.8 Å². The second kappa shape index (κ2) is 3.27. The van der Waals surface area contributed by atoms with Crippen molar-refractivity contribution >= 4 is 13.9 Å². The molecular weight excluding hydrogens is 167 g/mol. The molecule has 1 heterocycles. The van der Waals surface area contributed by atoms with Crippen LogP contribution in [-0.4, -0.2) is 9.88 Å². The zero-order valence-corrected chi connectivity index (χ0v) is 6.36. The standard InChI is InChI=1S/C5H5N2O3P/c6-4-1-2-7-3-5(4)10-11(8)9/h1-3H,(H2-,6,7,8,9)/p+1. The summed E-state index contributed by atoms with van der Waals surface area (Å²) in [4.78, 5) is 12.0. The van der Waals surface area contributed by atoms with Crippen LogP contribution in [0.1, 0.15) is 0 Å². The summed E-state index contributed by atoms with van der Waals surface area (Å²) in [6.07, 6.45) is 2.74. The normalized spacial score (nSPS) is 10.8. The first kappa shape index (κ1) is 7.91. The number of aromatic nitrogens is 1. The van der Waals surface area contributed by atoms with E-state index in [0.29, 0.717) is 0 Å². The van der Waals surface area contributed by atoms with E-state index in [1.54, 1.807) is 0 Å². The minimum absolute atomic E-state index is 0.121. The molecule has 0 saturated heterocycles. The molecule has 6 heteroatoms. The van der Waals surface area contributed by atoms with E-state index in [0.717, 1.165) is 0 Å². The summed E-state index contributed by atoms with van der Waals surface area (Å²) in [5.41, 5.74) is 5.65. The molecule has 5 nitrogen and oxygen atoms in total. The summed E-state index contributed by atoms with van der Waals surface area (Å²) >= 11 is 0. The number of hydrogen-bond acceptors (Lipinski definition) is 4. The molecular formula is C5H6N2O3P+. The van der Waals surface area contributed by atoms with E-state index in [2.05, 4.69) is 9.51 Å². The van der Waals surface area contributed by atoms with E-state index < -0.39 is 8.25 Å². The molecule has 0 radical (unpaired) electrons. The monoisotopic (exact) mass is 173 g/mol. The third kappa shape index (κ3) is 2.14. The van der Waals surface area contributed by atoms with Crippen LogP contribution in [0.25, 0.3) is 0 Å². The molecule has 1 aromatic heterocycles. The number of hydrogen-bond donors (Lipinski definition) is 2. The number of rotatable bonds is 2. The van der Waals surface area contributed by atoms with Gasteiger partial charge in [-0.15, -0.1) is 4.89 Å². The van der Waals surface area contributed by atoms with Crippen LogP contribution in [0.5, 0.6) is 5.75 Å². The molecule has 11 heavy (non-hydrogen) atoms. The van der Waals surface area contributed by atoms with Crippen molar-refractivity contribution in [3.63, 3.8) is 0 Å². The van der Waals surface area contributed by atoms with Crippen molar-refractivity contribution in [2.75, 3.05) is 5.73 Å². The van der Waals surface area contributed by atoms with E-state index in [9.17, 15) is 4.57 Å². The summed E-state index contributed by atoms with van der Waals surface area (Å²) in [5.74, 6) is 0.121. The first-order chi connectivity index (χ1) is 5.20.